The summed E-state index contributed by atoms with van der Waals surface area (Å²) in [4.78, 5) is 21.0. The van der Waals surface area contributed by atoms with Crippen LogP contribution in [0.15, 0.2) is 54.9 Å². The fourth-order valence-corrected chi connectivity index (χ4v) is 4.40. The maximum absolute atomic E-state index is 14.7. The summed E-state index contributed by atoms with van der Waals surface area (Å²) >= 11 is 0. The molecule has 0 bridgehead atoms. The van der Waals surface area contributed by atoms with E-state index in [0.29, 0.717) is 28.9 Å². The highest BCUT2D eigenvalue weighted by Crippen LogP contribution is 2.29. The van der Waals surface area contributed by atoms with Gasteiger partial charge in [0.05, 0.1) is 6.20 Å². The normalized spacial score (nSPS) is 14.8. The summed E-state index contributed by atoms with van der Waals surface area (Å²) in [5.74, 6) is -1.33. The summed E-state index contributed by atoms with van der Waals surface area (Å²) in [6.07, 6.45) is 0.555. The number of alkyl halides is 2. The van der Waals surface area contributed by atoms with Crippen molar-refractivity contribution in [1.29, 1.82) is 0 Å². The number of aromatic nitrogens is 3. The Morgan fingerprint density at radius 2 is 1.89 bits per heavy atom. The number of carbonyl (C=O) groups excluding carboxylic acids is 1. The zero-order valence-electron chi connectivity index (χ0n) is 20.8. The second kappa shape index (κ2) is 11.2. The Morgan fingerprint density at radius 1 is 1.08 bits per heavy atom. The number of ether oxygens (including phenoxy) is 1. The molecule has 8 nitrogen and oxygen atoms in total. The molecule has 0 aliphatic carbocycles. The van der Waals surface area contributed by atoms with Crippen LogP contribution < -0.4 is 10.1 Å². The molecule has 0 spiro atoms. The predicted octanol–water partition coefficient (Wildman–Crippen LogP) is 4.47. The number of rotatable bonds is 8. The molecule has 2 N–H and O–H groups in total. The van der Waals surface area contributed by atoms with Crippen LogP contribution in [-0.4, -0.2) is 70.7 Å². The molecule has 198 valence electrons. The quantitative estimate of drug-likeness (QED) is 0.354. The van der Waals surface area contributed by atoms with Gasteiger partial charge in [0.2, 0.25) is 0 Å². The maximum Gasteiger partial charge on any atom is 0.264 e. The first-order chi connectivity index (χ1) is 18.4. The number of nitrogens with one attached hydrogen (secondary N) is 2. The summed E-state index contributed by atoms with van der Waals surface area (Å²) in [5, 5.41) is 10.0. The number of pyridine rings is 1. The molecule has 1 saturated heterocycles. The van der Waals surface area contributed by atoms with E-state index in [1.165, 1.54) is 18.2 Å². The molecule has 38 heavy (non-hydrogen) atoms. The van der Waals surface area contributed by atoms with E-state index in [1.807, 2.05) is 13.1 Å². The first kappa shape index (κ1) is 25.7. The van der Waals surface area contributed by atoms with Crippen LogP contribution in [0.3, 0.4) is 0 Å². The van der Waals surface area contributed by atoms with Crippen molar-refractivity contribution in [2.45, 2.75) is 13.0 Å². The number of fused-ring (bicyclic) bond motifs is 1. The van der Waals surface area contributed by atoms with Crippen molar-refractivity contribution in [2.75, 3.05) is 45.2 Å². The largest absolute Gasteiger partial charge is 0.481 e. The number of likely N-dealkylation sites (N-methyl/N-ethyl adjacent to an activating group) is 1. The third-order valence-corrected chi connectivity index (χ3v) is 6.57. The summed E-state index contributed by atoms with van der Waals surface area (Å²) in [7, 11) is 2.04. The maximum atomic E-state index is 14.7. The molecule has 1 fully saturated rings. The van der Waals surface area contributed by atoms with E-state index in [9.17, 15) is 18.0 Å². The van der Waals surface area contributed by atoms with Gasteiger partial charge in [0.25, 0.3) is 12.3 Å². The number of benzene rings is 2. The van der Waals surface area contributed by atoms with E-state index in [0.717, 1.165) is 31.6 Å². The molecule has 5 rings (SSSR count). The lowest BCUT2D eigenvalue weighted by atomic mass is 10.1. The third-order valence-electron chi connectivity index (χ3n) is 6.57. The monoisotopic (exact) mass is 524 g/mol. The van der Waals surface area contributed by atoms with Gasteiger partial charge in [-0.25, -0.2) is 18.2 Å². The predicted molar refractivity (Wildman–Crippen MR) is 138 cm³/mol. The Kier molecular flexibility index (Phi) is 7.57. The van der Waals surface area contributed by atoms with Crippen molar-refractivity contribution in [3.05, 3.63) is 71.8 Å². The molecular formula is C27H27F3N6O2. The number of piperazine rings is 1. The highest BCUT2D eigenvalue weighted by atomic mass is 19.3. The van der Waals surface area contributed by atoms with Gasteiger partial charge in [-0.2, -0.15) is 5.10 Å². The Balaban J connectivity index is 1.20. The summed E-state index contributed by atoms with van der Waals surface area (Å²) in [6.45, 7) is 3.34. The molecule has 1 aliphatic heterocycles. The topological polar surface area (TPSA) is 86.4 Å². The number of nitrogens with zero attached hydrogens (tertiary/aromatic N) is 4. The Bertz CT molecular complexity index is 1440. The van der Waals surface area contributed by atoms with Crippen molar-refractivity contribution in [2.24, 2.45) is 0 Å². The number of aromatic amines is 1. The minimum atomic E-state index is -2.68. The first-order valence-corrected chi connectivity index (χ1v) is 12.2. The van der Waals surface area contributed by atoms with Crippen molar-refractivity contribution < 1.29 is 22.7 Å². The molecule has 2 aromatic carbocycles. The van der Waals surface area contributed by atoms with Gasteiger partial charge in [-0.3, -0.25) is 14.8 Å². The lowest BCUT2D eigenvalue weighted by Crippen LogP contribution is -2.44. The molecule has 3 heterocycles. The van der Waals surface area contributed by atoms with Gasteiger partial charge in [0, 0.05) is 61.1 Å². The van der Waals surface area contributed by atoms with Crippen molar-refractivity contribution in [3.63, 3.8) is 0 Å². The van der Waals surface area contributed by atoms with Crippen LogP contribution in [0.2, 0.25) is 0 Å². The highest BCUT2D eigenvalue weighted by Gasteiger charge is 2.20. The van der Waals surface area contributed by atoms with Crippen molar-refractivity contribution in [1.82, 2.24) is 25.0 Å². The van der Waals surface area contributed by atoms with Crippen LogP contribution >= 0.6 is 0 Å². The van der Waals surface area contributed by atoms with Crippen LogP contribution in [0.4, 0.5) is 18.9 Å². The zero-order valence-corrected chi connectivity index (χ0v) is 20.8. The highest BCUT2D eigenvalue weighted by molar-refractivity contribution is 5.92. The minimum absolute atomic E-state index is 0.1000. The zero-order chi connectivity index (χ0) is 26.6. The number of anilines is 1. The van der Waals surface area contributed by atoms with Crippen LogP contribution in [0.1, 0.15) is 17.6 Å². The Morgan fingerprint density at radius 3 is 2.66 bits per heavy atom. The standard InChI is InChI=1S/C27H27F3N6O2/c1-35-6-8-36(9-7-35)15-18-2-4-21(12-22(18)26(29)30)33-25(37)16-38-24-5-3-17(11-23(24)28)19-10-20-14-32-34-27(20)31-13-19/h2-5,10-14,26H,6-9,15-16H2,1H3,(H,33,37)(H,31,32,34). The molecule has 0 saturated carbocycles. The Hall–Kier alpha value is -3.96. The molecular weight excluding hydrogens is 497 g/mol. The van der Waals surface area contributed by atoms with Crippen molar-refractivity contribution in [3.8, 4) is 16.9 Å². The number of hydrogen-bond acceptors (Lipinski definition) is 6. The Labute approximate surface area is 217 Å². The van der Waals surface area contributed by atoms with Gasteiger partial charge in [0.1, 0.15) is 0 Å². The average Bonchev–Trinajstić information content (AvgIpc) is 3.38. The first-order valence-electron chi connectivity index (χ1n) is 12.2. The van der Waals surface area contributed by atoms with Crippen LogP contribution in [0.5, 0.6) is 5.75 Å². The van der Waals surface area contributed by atoms with E-state index >= 15 is 0 Å². The number of halogens is 3. The number of amides is 1. The molecule has 0 atom stereocenters. The van der Waals surface area contributed by atoms with Gasteiger partial charge < -0.3 is 15.0 Å². The molecule has 4 aromatic rings. The molecule has 1 amide bonds. The van der Waals surface area contributed by atoms with Crippen molar-refractivity contribution >= 4 is 22.6 Å². The molecule has 0 unspecified atom stereocenters. The van der Waals surface area contributed by atoms with Gasteiger partial charge in [0.15, 0.2) is 23.8 Å². The minimum Gasteiger partial charge on any atom is -0.481 e. The van der Waals surface area contributed by atoms with Crippen LogP contribution in [0.25, 0.3) is 22.2 Å². The van der Waals surface area contributed by atoms with Gasteiger partial charge >= 0.3 is 0 Å². The summed E-state index contributed by atoms with van der Waals surface area (Å²) in [5.41, 5.74) is 2.56. The number of hydrogen-bond donors (Lipinski definition) is 2. The second-order valence-electron chi connectivity index (χ2n) is 9.31. The lowest BCUT2D eigenvalue weighted by Gasteiger charge is -2.32. The van der Waals surface area contributed by atoms with E-state index in [-0.39, 0.29) is 17.0 Å². The second-order valence-corrected chi connectivity index (χ2v) is 9.31. The van der Waals surface area contributed by atoms with Gasteiger partial charge in [-0.1, -0.05) is 12.1 Å². The molecule has 1 aliphatic rings. The SMILES string of the molecule is CN1CCN(Cc2ccc(NC(=O)COc3ccc(-c4cnc5[nH]ncc5c4)cc3F)cc2C(F)F)CC1. The number of carbonyl (C=O) groups is 1. The van der Waals surface area contributed by atoms with Crippen LogP contribution in [-0.2, 0) is 11.3 Å². The molecule has 0 radical (unpaired) electrons. The van der Waals surface area contributed by atoms with Gasteiger partial charge in [-0.15, -0.1) is 0 Å². The van der Waals surface area contributed by atoms with Crippen LogP contribution in [0, 0.1) is 5.82 Å². The third kappa shape index (κ3) is 5.95. The molecule has 11 heteroatoms. The van der Waals surface area contributed by atoms with Gasteiger partial charge in [-0.05, 0) is 48.5 Å². The van der Waals surface area contributed by atoms with E-state index in [1.54, 1.807) is 30.6 Å². The average molecular weight is 525 g/mol. The smallest absolute Gasteiger partial charge is 0.264 e. The van der Waals surface area contributed by atoms with E-state index < -0.39 is 24.8 Å². The lowest BCUT2D eigenvalue weighted by molar-refractivity contribution is -0.118. The fraction of sp³-hybridized carbons (Fsp3) is 0.296. The number of H-pyrrole nitrogens is 1. The summed E-state index contributed by atoms with van der Waals surface area (Å²) in [6, 6.07) is 10.7. The molecule has 2 aromatic heterocycles. The fourth-order valence-electron chi connectivity index (χ4n) is 4.40. The van der Waals surface area contributed by atoms with E-state index in [2.05, 4.69) is 30.3 Å². The van der Waals surface area contributed by atoms with E-state index in [4.69, 9.17) is 4.74 Å². The summed E-state index contributed by atoms with van der Waals surface area (Å²) < 4.78 is 47.6.